The van der Waals surface area contributed by atoms with E-state index in [0.717, 1.165) is 19.4 Å². The molecule has 1 heterocycles. The average molecular weight is 246 g/mol. The second-order valence-electron chi connectivity index (χ2n) is 6.14. The van der Waals surface area contributed by atoms with Crippen LogP contribution in [0.1, 0.15) is 33.6 Å². The summed E-state index contributed by atoms with van der Waals surface area (Å²) in [6, 6.07) is 0. The number of nitrogens with zero attached hydrogens (tertiary/aromatic N) is 2. The van der Waals surface area contributed by atoms with Crippen molar-refractivity contribution < 1.29 is 8.42 Å². The van der Waals surface area contributed by atoms with Gasteiger partial charge < -0.3 is 0 Å². The van der Waals surface area contributed by atoms with Gasteiger partial charge in [0.25, 0.3) is 0 Å². The molecule has 5 heteroatoms. The zero-order valence-corrected chi connectivity index (χ0v) is 11.5. The van der Waals surface area contributed by atoms with Crippen molar-refractivity contribution in [2.45, 2.75) is 44.7 Å². The molecule has 94 valence electrons. The zero-order chi connectivity index (χ0) is 12.2. The summed E-state index contributed by atoms with van der Waals surface area (Å²) in [7, 11) is -3.02. The molecule has 1 spiro atoms. The lowest BCUT2D eigenvalue weighted by Crippen LogP contribution is -2.61. The summed E-state index contributed by atoms with van der Waals surface area (Å²) in [6.07, 6.45) is 3.59. The maximum Gasteiger partial charge on any atom is 0.211 e. The van der Waals surface area contributed by atoms with Crippen LogP contribution in [-0.2, 0) is 10.0 Å². The number of hydrogen-bond acceptors (Lipinski definition) is 3. The smallest absolute Gasteiger partial charge is 0.211 e. The van der Waals surface area contributed by atoms with Crippen LogP contribution in [0, 0.1) is 0 Å². The van der Waals surface area contributed by atoms with Crippen molar-refractivity contribution in [2.75, 3.05) is 25.9 Å². The number of piperazine rings is 1. The third kappa shape index (κ3) is 2.13. The Bertz CT molecular complexity index is 379. The fourth-order valence-electron chi connectivity index (χ4n) is 2.84. The van der Waals surface area contributed by atoms with Gasteiger partial charge in [-0.1, -0.05) is 0 Å². The van der Waals surface area contributed by atoms with E-state index in [1.165, 1.54) is 6.26 Å². The van der Waals surface area contributed by atoms with Crippen LogP contribution >= 0.6 is 0 Å². The van der Waals surface area contributed by atoms with Gasteiger partial charge in [-0.3, -0.25) is 4.90 Å². The summed E-state index contributed by atoms with van der Waals surface area (Å²) >= 11 is 0. The van der Waals surface area contributed by atoms with Crippen LogP contribution in [0.5, 0.6) is 0 Å². The molecule has 0 bridgehead atoms. The van der Waals surface area contributed by atoms with Gasteiger partial charge in [-0.15, -0.1) is 0 Å². The van der Waals surface area contributed by atoms with Crippen molar-refractivity contribution in [1.82, 2.24) is 9.21 Å². The maximum absolute atomic E-state index is 11.6. The Morgan fingerprint density at radius 2 is 1.69 bits per heavy atom. The van der Waals surface area contributed by atoms with Gasteiger partial charge in [0.05, 0.1) is 6.26 Å². The lowest BCUT2D eigenvalue weighted by atomic mass is 9.99. The van der Waals surface area contributed by atoms with Crippen LogP contribution in [0.4, 0.5) is 0 Å². The molecule has 0 radical (unpaired) electrons. The lowest BCUT2D eigenvalue weighted by Gasteiger charge is -2.48. The monoisotopic (exact) mass is 246 g/mol. The van der Waals surface area contributed by atoms with E-state index in [0.29, 0.717) is 13.1 Å². The summed E-state index contributed by atoms with van der Waals surface area (Å²) in [6.45, 7) is 8.81. The van der Waals surface area contributed by atoms with Crippen LogP contribution in [0.3, 0.4) is 0 Å². The van der Waals surface area contributed by atoms with E-state index in [1.54, 1.807) is 4.31 Å². The molecule has 0 unspecified atom stereocenters. The Kier molecular flexibility index (Phi) is 2.64. The molecule has 16 heavy (non-hydrogen) atoms. The first-order chi connectivity index (χ1) is 7.15. The van der Waals surface area contributed by atoms with Crippen molar-refractivity contribution >= 4 is 10.0 Å². The van der Waals surface area contributed by atoms with Gasteiger partial charge in [0.15, 0.2) is 0 Å². The summed E-state index contributed by atoms with van der Waals surface area (Å²) in [5.74, 6) is 0. The molecule has 2 aliphatic rings. The van der Waals surface area contributed by atoms with Gasteiger partial charge in [-0.05, 0) is 33.6 Å². The Hall–Kier alpha value is -0.130. The van der Waals surface area contributed by atoms with Crippen LogP contribution in [0.2, 0.25) is 0 Å². The third-order valence-corrected chi connectivity index (χ3v) is 4.97. The topological polar surface area (TPSA) is 40.6 Å². The van der Waals surface area contributed by atoms with Crippen molar-refractivity contribution in [1.29, 1.82) is 0 Å². The third-order valence-electron chi connectivity index (χ3n) is 3.72. The molecular formula is C11H22N2O2S. The molecule has 1 aliphatic carbocycles. The van der Waals surface area contributed by atoms with E-state index in [-0.39, 0.29) is 11.1 Å². The standard InChI is InChI=1S/C11H22N2O2S/c1-10(2,3)13-8-7-12(16(4,14)15)9-11(13)5-6-11/h5-9H2,1-4H3. The Balaban J connectivity index is 2.17. The van der Waals surface area contributed by atoms with E-state index >= 15 is 0 Å². The molecule has 4 nitrogen and oxygen atoms in total. The predicted molar refractivity (Wildman–Crippen MR) is 64.8 cm³/mol. The molecule has 0 aromatic carbocycles. The lowest BCUT2D eigenvalue weighted by molar-refractivity contribution is 0.0210. The van der Waals surface area contributed by atoms with Crippen molar-refractivity contribution in [3.05, 3.63) is 0 Å². The summed E-state index contributed by atoms with van der Waals surface area (Å²) < 4.78 is 24.8. The summed E-state index contributed by atoms with van der Waals surface area (Å²) in [5, 5.41) is 0. The molecule has 2 rings (SSSR count). The highest BCUT2D eigenvalue weighted by molar-refractivity contribution is 7.88. The van der Waals surface area contributed by atoms with E-state index in [2.05, 4.69) is 25.7 Å². The second kappa shape index (κ2) is 3.43. The van der Waals surface area contributed by atoms with Gasteiger partial charge in [0.1, 0.15) is 0 Å². The summed E-state index contributed by atoms with van der Waals surface area (Å²) in [4.78, 5) is 2.49. The zero-order valence-electron chi connectivity index (χ0n) is 10.7. The Labute approximate surface area is 98.7 Å². The van der Waals surface area contributed by atoms with Gasteiger partial charge in [0, 0.05) is 30.7 Å². The molecular weight excluding hydrogens is 224 g/mol. The van der Waals surface area contributed by atoms with Crippen molar-refractivity contribution in [2.24, 2.45) is 0 Å². The molecule has 0 N–H and O–H groups in total. The quantitative estimate of drug-likeness (QED) is 0.690. The Morgan fingerprint density at radius 3 is 2.06 bits per heavy atom. The number of rotatable bonds is 1. The Morgan fingerprint density at radius 1 is 1.12 bits per heavy atom. The minimum absolute atomic E-state index is 0.138. The molecule has 2 fully saturated rings. The van der Waals surface area contributed by atoms with E-state index < -0.39 is 10.0 Å². The minimum atomic E-state index is -3.02. The fraction of sp³-hybridized carbons (Fsp3) is 1.00. The van der Waals surface area contributed by atoms with Crippen LogP contribution in [0.25, 0.3) is 0 Å². The highest BCUT2D eigenvalue weighted by Crippen LogP contribution is 2.47. The maximum atomic E-state index is 11.6. The summed E-state index contributed by atoms with van der Waals surface area (Å²) in [5.41, 5.74) is 0.277. The SMILES string of the molecule is CC(C)(C)N1CCN(S(C)(=O)=O)CC12CC2. The average Bonchev–Trinajstić information content (AvgIpc) is 2.81. The first-order valence-corrected chi connectivity index (χ1v) is 7.73. The normalized spacial score (nSPS) is 27.2. The highest BCUT2D eigenvalue weighted by Gasteiger charge is 2.55. The fourth-order valence-corrected chi connectivity index (χ4v) is 3.73. The number of hydrogen-bond donors (Lipinski definition) is 0. The van der Waals surface area contributed by atoms with Crippen molar-refractivity contribution in [3.63, 3.8) is 0 Å². The highest BCUT2D eigenvalue weighted by atomic mass is 32.2. The predicted octanol–water partition coefficient (Wildman–Crippen LogP) is 0.895. The molecule has 1 aliphatic heterocycles. The van der Waals surface area contributed by atoms with E-state index in [1.807, 2.05) is 0 Å². The van der Waals surface area contributed by atoms with E-state index in [9.17, 15) is 8.42 Å². The molecule has 1 saturated heterocycles. The van der Waals surface area contributed by atoms with Crippen LogP contribution in [0.15, 0.2) is 0 Å². The largest absolute Gasteiger partial charge is 0.290 e. The second-order valence-corrected chi connectivity index (χ2v) is 8.13. The minimum Gasteiger partial charge on any atom is -0.290 e. The van der Waals surface area contributed by atoms with Crippen molar-refractivity contribution in [3.8, 4) is 0 Å². The van der Waals surface area contributed by atoms with Crippen LogP contribution in [-0.4, -0.2) is 54.6 Å². The number of sulfonamides is 1. The molecule has 1 saturated carbocycles. The van der Waals surface area contributed by atoms with Gasteiger partial charge >= 0.3 is 0 Å². The first-order valence-electron chi connectivity index (χ1n) is 5.88. The first kappa shape index (κ1) is 12.3. The molecule has 0 atom stereocenters. The van der Waals surface area contributed by atoms with Gasteiger partial charge in [0.2, 0.25) is 10.0 Å². The van der Waals surface area contributed by atoms with Gasteiger partial charge in [-0.25, -0.2) is 8.42 Å². The molecule has 0 aromatic rings. The van der Waals surface area contributed by atoms with E-state index in [4.69, 9.17) is 0 Å². The van der Waals surface area contributed by atoms with Gasteiger partial charge in [-0.2, -0.15) is 4.31 Å². The molecule has 0 amide bonds. The molecule has 0 aromatic heterocycles. The van der Waals surface area contributed by atoms with Crippen LogP contribution < -0.4 is 0 Å².